The zero-order chi connectivity index (χ0) is 15.4. The molecule has 0 fully saturated rings. The Hall–Kier alpha value is -2.21. The first-order chi connectivity index (χ1) is 10.7. The van der Waals surface area contributed by atoms with Crippen molar-refractivity contribution in [2.75, 3.05) is 50.1 Å². The van der Waals surface area contributed by atoms with Crippen LogP contribution in [0.3, 0.4) is 0 Å². The van der Waals surface area contributed by atoms with Gasteiger partial charge in [-0.1, -0.05) is 6.07 Å². The Morgan fingerprint density at radius 3 is 2.59 bits per heavy atom. The highest BCUT2D eigenvalue weighted by Crippen LogP contribution is 2.23. The highest BCUT2D eigenvalue weighted by Gasteiger charge is 2.21. The Balaban J connectivity index is 1.84. The SMILES string of the molecule is CN(C)CCN1CCN(c2ncccn2)Cc2cccnc21. The van der Waals surface area contributed by atoms with Crippen LogP contribution in [0.15, 0.2) is 36.8 Å². The summed E-state index contributed by atoms with van der Waals surface area (Å²) in [6.07, 6.45) is 5.46. The average Bonchev–Trinajstić information content (AvgIpc) is 2.73. The molecule has 0 amide bonds. The molecule has 0 aliphatic carbocycles. The number of aromatic nitrogens is 3. The Bertz CT molecular complexity index is 601. The van der Waals surface area contributed by atoms with E-state index >= 15 is 0 Å². The van der Waals surface area contributed by atoms with E-state index in [9.17, 15) is 0 Å². The molecular weight excluding hydrogens is 276 g/mol. The molecule has 0 unspecified atom stereocenters. The van der Waals surface area contributed by atoms with Crippen molar-refractivity contribution in [3.05, 3.63) is 42.4 Å². The van der Waals surface area contributed by atoms with Crippen molar-refractivity contribution in [2.45, 2.75) is 6.54 Å². The Morgan fingerprint density at radius 2 is 1.82 bits per heavy atom. The minimum absolute atomic E-state index is 0.784. The van der Waals surface area contributed by atoms with Crippen LogP contribution in [0.25, 0.3) is 0 Å². The molecule has 0 radical (unpaired) electrons. The first-order valence-corrected chi connectivity index (χ1v) is 7.59. The summed E-state index contributed by atoms with van der Waals surface area (Å²) in [5.41, 5.74) is 1.23. The number of likely N-dealkylation sites (N-methyl/N-ethyl adjacent to an activating group) is 1. The third-order valence-corrected chi connectivity index (χ3v) is 3.82. The van der Waals surface area contributed by atoms with Crippen LogP contribution in [-0.2, 0) is 6.54 Å². The molecule has 3 heterocycles. The molecule has 116 valence electrons. The maximum atomic E-state index is 4.61. The van der Waals surface area contributed by atoms with E-state index < -0.39 is 0 Å². The zero-order valence-corrected chi connectivity index (χ0v) is 13.2. The summed E-state index contributed by atoms with van der Waals surface area (Å²) in [5.74, 6) is 1.87. The van der Waals surface area contributed by atoms with E-state index in [-0.39, 0.29) is 0 Å². The summed E-state index contributed by atoms with van der Waals surface area (Å²) < 4.78 is 0. The van der Waals surface area contributed by atoms with Gasteiger partial charge in [0.25, 0.3) is 0 Å². The van der Waals surface area contributed by atoms with Crippen LogP contribution in [-0.4, -0.2) is 60.1 Å². The summed E-state index contributed by atoms with van der Waals surface area (Å²) >= 11 is 0. The van der Waals surface area contributed by atoms with Gasteiger partial charge in [0.2, 0.25) is 5.95 Å². The largest absolute Gasteiger partial charge is 0.353 e. The molecule has 1 aliphatic rings. The van der Waals surface area contributed by atoms with Gasteiger partial charge in [0, 0.05) is 56.9 Å². The molecule has 0 spiro atoms. The van der Waals surface area contributed by atoms with Crippen LogP contribution in [0.2, 0.25) is 0 Å². The Kier molecular flexibility index (Phi) is 4.48. The predicted molar refractivity (Wildman–Crippen MR) is 88.1 cm³/mol. The second kappa shape index (κ2) is 6.70. The van der Waals surface area contributed by atoms with Crippen LogP contribution in [0.4, 0.5) is 11.8 Å². The van der Waals surface area contributed by atoms with E-state index in [1.165, 1.54) is 5.56 Å². The first-order valence-electron chi connectivity index (χ1n) is 7.59. The zero-order valence-electron chi connectivity index (χ0n) is 13.2. The van der Waals surface area contributed by atoms with Gasteiger partial charge < -0.3 is 14.7 Å². The van der Waals surface area contributed by atoms with Crippen molar-refractivity contribution >= 4 is 11.8 Å². The lowest BCUT2D eigenvalue weighted by Crippen LogP contribution is -2.36. The number of fused-ring (bicyclic) bond motifs is 1. The van der Waals surface area contributed by atoms with Gasteiger partial charge in [-0.15, -0.1) is 0 Å². The normalized spacial score (nSPS) is 14.9. The average molecular weight is 298 g/mol. The van der Waals surface area contributed by atoms with Crippen molar-refractivity contribution in [3.8, 4) is 0 Å². The molecule has 22 heavy (non-hydrogen) atoms. The molecule has 1 aliphatic heterocycles. The number of anilines is 2. The lowest BCUT2D eigenvalue weighted by Gasteiger charge is -2.25. The second-order valence-corrected chi connectivity index (χ2v) is 5.75. The van der Waals surface area contributed by atoms with Gasteiger partial charge in [0.1, 0.15) is 5.82 Å². The minimum Gasteiger partial charge on any atom is -0.353 e. The molecule has 0 aromatic carbocycles. The summed E-state index contributed by atoms with van der Waals surface area (Å²) in [6.45, 7) is 4.61. The standard InChI is InChI=1S/C16H22N6/c1-20(2)9-10-21-11-12-22(16-18-7-4-8-19-16)13-14-5-3-6-17-15(14)21/h3-8H,9-13H2,1-2H3. The predicted octanol–water partition coefficient (Wildman–Crippen LogP) is 1.26. The lowest BCUT2D eigenvalue weighted by molar-refractivity contribution is 0.413. The van der Waals surface area contributed by atoms with Crippen molar-refractivity contribution < 1.29 is 0 Å². The summed E-state index contributed by atoms with van der Waals surface area (Å²) in [5, 5.41) is 0. The number of rotatable bonds is 4. The first kappa shape index (κ1) is 14.7. The molecule has 0 atom stereocenters. The third kappa shape index (κ3) is 3.33. The van der Waals surface area contributed by atoms with Crippen LogP contribution in [0, 0.1) is 0 Å². The number of nitrogens with zero attached hydrogens (tertiary/aromatic N) is 6. The fourth-order valence-corrected chi connectivity index (χ4v) is 2.63. The third-order valence-electron chi connectivity index (χ3n) is 3.82. The highest BCUT2D eigenvalue weighted by atomic mass is 15.3. The minimum atomic E-state index is 0.784. The van der Waals surface area contributed by atoms with Gasteiger partial charge in [-0.3, -0.25) is 0 Å². The van der Waals surface area contributed by atoms with E-state index in [0.29, 0.717) is 0 Å². The Labute approximate surface area is 131 Å². The monoisotopic (exact) mass is 298 g/mol. The van der Waals surface area contributed by atoms with Crippen molar-refractivity contribution in [2.24, 2.45) is 0 Å². The topological polar surface area (TPSA) is 48.4 Å². The van der Waals surface area contributed by atoms with E-state index in [1.807, 2.05) is 18.3 Å². The van der Waals surface area contributed by atoms with Gasteiger partial charge in [0.05, 0.1) is 0 Å². The van der Waals surface area contributed by atoms with Crippen LogP contribution < -0.4 is 9.80 Å². The number of hydrogen-bond donors (Lipinski definition) is 0. The highest BCUT2D eigenvalue weighted by molar-refractivity contribution is 5.51. The van der Waals surface area contributed by atoms with Crippen LogP contribution >= 0.6 is 0 Å². The maximum Gasteiger partial charge on any atom is 0.225 e. The summed E-state index contributed by atoms with van der Waals surface area (Å²) in [4.78, 5) is 20.2. The van der Waals surface area contributed by atoms with Gasteiger partial charge in [-0.2, -0.15) is 0 Å². The number of hydrogen-bond acceptors (Lipinski definition) is 6. The van der Waals surface area contributed by atoms with Gasteiger partial charge in [-0.25, -0.2) is 15.0 Å². The van der Waals surface area contributed by atoms with Crippen LogP contribution in [0.1, 0.15) is 5.56 Å². The van der Waals surface area contributed by atoms with E-state index in [2.05, 4.69) is 49.8 Å². The molecule has 0 saturated heterocycles. The fraction of sp³-hybridized carbons (Fsp3) is 0.438. The van der Waals surface area contributed by atoms with Gasteiger partial charge >= 0.3 is 0 Å². The molecule has 2 aromatic rings. The van der Waals surface area contributed by atoms with Gasteiger partial charge in [0.15, 0.2) is 0 Å². The van der Waals surface area contributed by atoms with E-state index in [4.69, 9.17) is 0 Å². The van der Waals surface area contributed by atoms with Gasteiger partial charge in [-0.05, 0) is 26.2 Å². The molecule has 6 nitrogen and oxygen atoms in total. The molecule has 0 N–H and O–H groups in total. The quantitative estimate of drug-likeness (QED) is 0.847. The lowest BCUT2D eigenvalue weighted by atomic mass is 10.2. The van der Waals surface area contributed by atoms with E-state index in [1.54, 1.807) is 12.4 Å². The number of pyridine rings is 1. The smallest absolute Gasteiger partial charge is 0.225 e. The molecule has 0 bridgehead atoms. The second-order valence-electron chi connectivity index (χ2n) is 5.75. The maximum absolute atomic E-state index is 4.61. The molecule has 2 aromatic heterocycles. The van der Waals surface area contributed by atoms with Crippen molar-refractivity contribution in [1.29, 1.82) is 0 Å². The van der Waals surface area contributed by atoms with Crippen molar-refractivity contribution in [3.63, 3.8) is 0 Å². The summed E-state index contributed by atoms with van der Waals surface area (Å²) in [7, 11) is 4.20. The van der Waals surface area contributed by atoms with Crippen LogP contribution in [0.5, 0.6) is 0 Å². The Morgan fingerprint density at radius 1 is 1.05 bits per heavy atom. The molecule has 6 heteroatoms. The fourth-order valence-electron chi connectivity index (χ4n) is 2.63. The molecule has 3 rings (SSSR count). The van der Waals surface area contributed by atoms with Crippen molar-refractivity contribution in [1.82, 2.24) is 19.9 Å². The molecular formula is C16H22N6. The van der Waals surface area contributed by atoms with E-state index in [0.717, 1.165) is 44.5 Å². The summed E-state index contributed by atoms with van der Waals surface area (Å²) in [6, 6.07) is 5.99. The molecule has 0 saturated carbocycles.